The lowest BCUT2D eigenvalue weighted by molar-refractivity contribution is -0.129. The van der Waals surface area contributed by atoms with Gasteiger partial charge in [-0.3, -0.25) is 14.5 Å². The van der Waals surface area contributed by atoms with Crippen LogP contribution in [-0.4, -0.2) is 60.4 Å². The number of nitrogens with zero attached hydrogens (tertiary/aromatic N) is 5. The van der Waals surface area contributed by atoms with E-state index >= 15 is 0 Å². The molecule has 2 aromatic heterocycles. The van der Waals surface area contributed by atoms with Crippen molar-refractivity contribution in [3.05, 3.63) is 59.8 Å². The van der Waals surface area contributed by atoms with E-state index in [1.165, 1.54) is 13.3 Å². The van der Waals surface area contributed by atoms with Gasteiger partial charge in [0.25, 0.3) is 10.0 Å². The number of carbonyl (C=O) groups excluding carboxylic acids is 1. The molecule has 12 heteroatoms. The first-order valence-electron chi connectivity index (χ1n) is 10.8. The van der Waals surface area contributed by atoms with Crippen molar-refractivity contribution >= 4 is 27.4 Å². The third kappa shape index (κ3) is 5.06. The predicted molar refractivity (Wildman–Crippen MR) is 126 cm³/mol. The molecule has 9 nitrogen and oxygen atoms in total. The summed E-state index contributed by atoms with van der Waals surface area (Å²) in [4.78, 5) is 27.9. The summed E-state index contributed by atoms with van der Waals surface area (Å²) in [5.74, 6) is -1.41. The minimum atomic E-state index is -4.35. The second kappa shape index (κ2) is 9.53. The van der Waals surface area contributed by atoms with Gasteiger partial charge in [-0.25, -0.2) is 27.2 Å². The molecule has 0 spiro atoms. The highest BCUT2D eigenvalue weighted by Crippen LogP contribution is 2.34. The minimum absolute atomic E-state index is 0.0148. The molecule has 0 atom stereocenters. The number of aryl methyl sites for hydroxylation is 2. The van der Waals surface area contributed by atoms with Gasteiger partial charge >= 0.3 is 0 Å². The number of benzene rings is 1. The highest BCUT2D eigenvalue weighted by atomic mass is 32.2. The number of halogens is 2. The zero-order chi connectivity index (χ0) is 25.3. The fourth-order valence-electron chi connectivity index (χ4n) is 3.94. The quantitative estimate of drug-likeness (QED) is 0.572. The molecule has 3 heterocycles. The summed E-state index contributed by atoms with van der Waals surface area (Å²) >= 11 is 0. The van der Waals surface area contributed by atoms with E-state index in [0.717, 1.165) is 12.1 Å². The van der Waals surface area contributed by atoms with Crippen molar-refractivity contribution in [3.63, 3.8) is 0 Å². The van der Waals surface area contributed by atoms with Crippen molar-refractivity contribution in [2.45, 2.75) is 25.7 Å². The van der Waals surface area contributed by atoms with Gasteiger partial charge in [-0.15, -0.1) is 0 Å². The van der Waals surface area contributed by atoms with E-state index in [9.17, 15) is 22.0 Å². The lowest BCUT2D eigenvalue weighted by atomic mass is 10.0. The maximum atomic E-state index is 14.2. The average molecular weight is 503 g/mol. The van der Waals surface area contributed by atoms with Gasteiger partial charge in [0.2, 0.25) is 5.91 Å². The Morgan fingerprint density at radius 3 is 2.37 bits per heavy atom. The number of anilines is 2. The molecule has 1 N–H and O–H groups in total. The number of hydrogen-bond donors (Lipinski definition) is 1. The van der Waals surface area contributed by atoms with Crippen LogP contribution in [-0.2, 0) is 14.8 Å². The number of hydrogen-bond acceptors (Lipinski definition) is 7. The van der Waals surface area contributed by atoms with Gasteiger partial charge in [0.05, 0.1) is 17.1 Å². The standard InChI is InChI=1S/C23H24F2N6O3S/c1-14-20(29-35(33,34)21-5-4-18(24)11-19(21)25)10-17(12-26-14)22-15(2)27-13-28-23(22)31-8-6-30(7-9-31)16(3)32/h4-5,10-13,29H,6-9H2,1-3H3. The van der Waals surface area contributed by atoms with Crippen molar-refractivity contribution in [2.75, 3.05) is 35.8 Å². The van der Waals surface area contributed by atoms with E-state index in [2.05, 4.69) is 19.7 Å². The Balaban J connectivity index is 1.70. The molecular weight excluding hydrogens is 478 g/mol. The van der Waals surface area contributed by atoms with Gasteiger partial charge in [0.15, 0.2) is 0 Å². The number of pyridine rings is 1. The van der Waals surface area contributed by atoms with Crippen molar-refractivity contribution in [1.82, 2.24) is 19.9 Å². The smallest absolute Gasteiger partial charge is 0.264 e. The van der Waals surface area contributed by atoms with Gasteiger partial charge in [0.1, 0.15) is 28.7 Å². The summed E-state index contributed by atoms with van der Waals surface area (Å²) in [7, 11) is -4.35. The second-order valence-electron chi connectivity index (χ2n) is 8.19. The van der Waals surface area contributed by atoms with Crippen molar-refractivity contribution in [1.29, 1.82) is 0 Å². The Hall–Kier alpha value is -3.67. The number of nitrogens with one attached hydrogen (secondary N) is 1. The van der Waals surface area contributed by atoms with E-state index in [1.807, 2.05) is 11.8 Å². The number of rotatable bonds is 5. The van der Waals surface area contributed by atoms with Gasteiger partial charge in [-0.2, -0.15) is 0 Å². The molecule has 1 aromatic carbocycles. The van der Waals surface area contributed by atoms with Crippen molar-refractivity contribution in [2.24, 2.45) is 0 Å². The molecule has 1 fully saturated rings. The molecule has 1 aliphatic heterocycles. The normalized spacial score (nSPS) is 14.2. The van der Waals surface area contributed by atoms with Crippen molar-refractivity contribution < 1.29 is 22.0 Å². The fraction of sp³-hybridized carbons (Fsp3) is 0.304. The number of carbonyl (C=O) groups is 1. The van der Waals surface area contributed by atoms with Crippen LogP contribution < -0.4 is 9.62 Å². The maximum Gasteiger partial charge on any atom is 0.264 e. The lowest BCUT2D eigenvalue weighted by Gasteiger charge is -2.35. The van der Waals surface area contributed by atoms with Crippen LogP contribution in [0.1, 0.15) is 18.3 Å². The summed E-state index contributed by atoms with van der Waals surface area (Å²) < 4.78 is 55.4. The van der Waals surface area contributed by atoms with Gasteiger partial charge in [-0.1, -0.05) is 0 Å². The first-order chi connectivity index (χ1) is 16.6. The van der Waals surface area contributed by atoms with E-state index in [0.29, 0.717) is 60.6 Å². The molecule has 0 saturated carbocycles. The van der Waals surface area contributed by atoms with Crippen LogP contribution in [0.3, 0.4) is 0 Å². The number of aromatic nitrogens is 3. The molecule has 1 aliphatic rings. The molecule has 184 valence electrons. The largest absolute Gasteiger partial charge is 0.352 e. The summed E-state index contributed by atoms with van der Waals surface area (Å²) in [6.45, 7) is 7.21. The van der Waals surface area contributed by atoms with E-state index in [4.69, 9.17) is 0 Å². The predicted octanol–water partition coefficient (Wildman–Crippen LogP) is 2.90. The van der Waals surface area contributed by atoms with E-state index < -0.39 is 26.6 Å². The van der Waals surface area contributed by atoms with Crippen LogP contribution in [0.25, 0.3) is 11.1 Å². The molecule has 0 aliphatic carbocycles. The van der Waals surface area contributed by atoms with Crippen LogP contribution in [0.2, 0.25) is 0 Å². The third-order valence-electron chi connectivity index (χ3n) is 5.84. The van der Waals surface area contributed by atoms with Gasteiger partial charge in [-0.05, 0) is 32.0 Å². The Labute approximate surface area is 201 Å². The van der Waals surface area contributed by atoms with Crippen LogP contribution >= 0.6 is 0 Å². The van der Waals surface area contributed by atoms with Crippen LogP contribution in [0.15, 0.2) is 41.7 Å². The van der Waals surface area contributed by atoms with Crippen molar-refractivity contribution in [3.8, 4) is 11.1 Å². The molecule has 1 amide bonds. The molecule has 0 unspecified atom stereocenters. The first kappa shape index (κ1) is 24.5. The number of amides is 1. The minimum Gasteiger partial charge on any atom is -0.352 e. The molecule has 0 radical (unpaired) electrons. The highest BCUT2D eigenvalue weighted by molar-refractivity contribution is 7.92. The summed E-state index contributed by atoms with van der Waals surface area (Å²) in [6.07, 6.45) is 3.04. The van der Waals surface area contributed by atoms with Crippen LogP contribution in [0.4, 0.5) is 20.3 Å². The fourth-order valence-corrected chi connectivity index (χ4v) is 5.11. The summed E-state index contributed by atoms with van der Waals surface area (Å²) in [5.41, 5.74) is 2.40. The molecule has 3 aromatic rings. The van der Waals surface area contributed by atoms with Crippen LogP contribution in [0, 0.1) is 25.5 Å². The number of sulfonamides is 1. The molecule has 0 bridgehead atoms. The topological polar surface area (TPSA) is 108 Å². The maximum absolute atomic E-state index is 14.2. The summed E-state index contributed by atoms with van der Waals surface area (Å²) in [6, 6.07) is 3.84. The SMILES string of the molecule is CC(=O)N1CCN(c2ncnc(C)c2-c2cnc(C)c(NS(=O)(=O)c3ccc(F)cc3F)c2)CC1. The average Bonchev–Trinajstić information content (AvgIpc) is 2.80. The molecule has 1 saturated heterocycles. The van der Waals surface area contributed by atoms with Gasteiger partial charge in [0, 0.05) is 56.5 Å². The Kier molecular flexibility index (Phi) is 6.66. The lowest BCUT2D eigenvalue weighted by Crippen LogP contribution is -2.48. The zero-order valence-corrected chi connectivity index (χ0v) is 20.2. The molecule has 35 heavy (non-hydrogen) atoms. The first-order valence-corrected chi connectivity index (χ1v) is 12.3. The highest BCUT2D eigenvalue weighted by Gasteiger charge is 2.25. The second-order valence-corrected chi connectivity index (χ2v) is 9.84. The zero-order valence-electron chi connectivity index (χ0n) is 19.4. The Bertz CT molecular complexity index is 1390. The molecule has 4 rings (SSSR count). The van der Waals surface area contributed by atoms with E-state index in [-0.39, 0.29) is 11.6 Å². The monoisotopic (exact) mass is 502 g/mol. The van der Waals surface area contributed by atoms with Gasteiger partial charge < -0.3 is 9.80 Å². The molecular formula is C23H24F2N6O3S. The van der Waals surface area contributed by atoms with E-state index in [1.54, 1.807) is 24.1 Å². The Morgan fingerprint density at radius 2 is 1.71 bits per heavy atom. The number of piperazine rings is 1. The summed E-state index contributed by atoms with van der Waals surface area (Å²) in [5, 5.41) is 0. The van der Waals surface area contributed by atoms with Crippen LogP contribution in [0.5, 0.6) is 0 Å². The Morgan fingerprint density at radius 1 is 1.00 bits per heavy atom. The third-order valence-corrected chi connectivity index (χ3v) is 7.24.